The highest BCUT2D eigenvalue weighted by Crippen LogP contribution is 2.23. The summed E-state index contributed by atoms with van der Waals surface area (Å²) in [7, 11) is -4.47. The molecule has 0 unspecified atom stereocenters. The summed E-state index contributed by atoms with van der Waals surface area (Å²) in [6.45, 7) is 0. The monoisotopic (exact) mass is 436 g/mol. The molecule has 0 aliphatic heterocycles. The van der Waals surface area contributed by atoms with Crippen LogP contribution in [0.2, 0.25) is 0 Å². The van der Waals surface area contributed by atoms with Gasteiger partial charge in [-0.3, -0.25) is 9.59 Å². The van der Waals surface area contributed by atoms with E-state index >= 15 is 0 Å². The Morgan fingerprint density at radius 2 is 1.40 bits per heavy atom. The minimum Gasteiger partial charge on any atom is -0.481 e. The van der Waals surface area contributed by atoms with Crippen molar-refractivity contribution in [1.29, 1.82) is 0 Å². The maximum Gasteiger partial charge on any atom is 0.326 e. The van der Waals surface area contributed by atoms with Crippen molar-refractivity contribution in [3.63, 3.8) is 0 Å². The SMILES string of the molecule is O=C(O)C[C@H](NS(=O)(=O)c1ccccc1N[C@@H](Cc1ccccc1)C(=O)O)C(=O)O. The van der Waals surface area contributed by atoms with Crippen LogP contribution in [0.25, 0.3) is 0 Å². The van der Waals surface area contributed by atoms with Crippen LogP contribution in [0.1, 0.15) is 12.0 Å². The largest absolute Gasteiger partial charge is 0.481 e. The normalized spacial score (nSPS) is 13.2. The number of carboxylic acid groups (broad SMARTS) is 3. The highest BCUT2D eigenvalue weighted by Gasteiger charge is 2.30. The second-order valence-corrected chi connectivity index (χ2v) is 8.01. The van der Waals surface area contributed by atoms with Gasteiger partial charge in [0.2, 0.25) is 10.0 Å². The number of hydrogen-bond donors (Lipinski definition) is 5. The van der Waals surface area contributed by atoms with Gasteiger partial charge in [0.15, 0.2) is 0 Å². The number of benzene rings is 2. The summed E-state index contributed by atoms with van der Waals surface area (Å²) in [4.78, 5) is 33.3. The van der Waals surface area contributed by atoms with Gasteiger partial charge in [-0.25, -0.2) is 13.2 Å². The molecule has 0 saturated carbocycles. The Morgan fingerprint density at radius 3 is 1.97 bits per heavy atom. The standard InChI is InChI=1S/C19H20N2O8S/c22-17(23)11-15(19(26)27)21-30(28,29)16-9-5-4-8-13(16)20-14(18(24)25)10-12-6-2-1-3-7-12/h1-9,14-15,20-21H,10-11H2,(H,22,23)(H,24,25)(H,26,27)/t14-,15-/m0/s1. The van der Waals surface area contributed by atoms with Crippen LogP contribution >= 0.6 is 0 Å². The van der Waals surface area contributed by atoms with Crippen LogP contribution in [-0.2, 0) is 30.8 Å². The maximum absolute atomic E-state index is 12.7. The van der Waals surface area contributed by atoms with E-state index in [-0.39, 0.29) is 12.1 Å². The zero-order valence-corrected chi connectivity index (χ0v) is 16.4. The van der Waals surface area contributed by atoms with Crippen LogP contribution in [0.3, 0.4) is 0 Å². The Labute approximate surface area is 172 Å². The van der Waals surface area contributed by atoms with Gasteiger partial charge in [0.25, 0.3) is 0 Å². The molecule has 2 rings (SSSR count). The molecule has 0 aliphatic carbocycles. The molecule has 11 heteroatoms. The van der Waals surface area contributed by atoms with Crippen LogP contribution in [0, 0.1) is 0 Å². The van der Waals surface area contributed by atoms with E-state index < -0.39 is 51.3 Å². The minimum absolute atomic E-state index is 0.0622. The van der Waals surface area contributed by atoms with Crippen molar-refractivity contribution in [2.45, 2.75) is 29.8 Å². The van der Waals surface area contributed by atoms with E-state index in [4.69, 9.17) is 10.2 Å². The molecule has 0 radical (unpaired) electrons. The van der Waals surface area contributed by atoms with E-state index in [9.17, 15) is 27.9 Å². The summed E-state index contributed by atoms with van der Waals surface area (Å²) in [5.41, 5.74) is 0.649. The molecule has 0 saturated heterocycles. The first kappa shape index (κ1) is 22.8. The number of para-hydroxylation sites is 1. The topological polar surface area (TPSA) is 170 Å². The van der Waals surface area contributed by atoms with Gasteiger partial charge < -0.3 is 20.6 Å². The first-order valence-corrected chi connectivity index (χ1v) is 10.2. The van der Waals surface area contributed by atoms with Gasteiger partial charge in [-0.1, -0.05) is 42.5 Å². The van der Waals surface area contributed by atoms with Crippen LogP contribution in [-0.4, -0.2) is 53.7 Å². The van der Waals surface area contributed by atoms with Crippen molar-refractivity contribution in [3.05, 3.63) is 60.2 Å². The van der Waals surface area contributed by atoms with Crippen LogP contribution in [0.15, 0.2) is 59.5 Å². The van der Waals surface area contributed by atoms with Gasteiger partial charge in [-0.2, -0.15) is 4.72 Å². The van der Waals surface area contributed by atoms with E-state index in [2.05, 4.69) is 5.32 Å². The van der Waals surface area contributed by atoms with Crippen molar-refractivity contribution in [3.8, 4) is 0 Å². The Hall–Kier alpha value is -3.44. The van der Waals surface area contributed by atoms with E-state index in [1.165, 1.54) is 18.2 Å². The van der Waals surface area contributed by atoms with Crippen LogP contribution < -0.4 is 10.0 Å². The average molecular weight is 436 g/mol. The molecule has 0 spiro atoms. The molecular weight excluding hydrogens is 416 g/mol. The van der Waals surface area contributed by atoms with Crippen molar-refractivity contribution in [1.82, 2.24) is 4.72 Å². The fourth-order valence-electron chi connectivity index (χ4n) is 2.66. The fraction of sp³-hybridized carbons (Fsp3) is 0.211. The zero-order valence-electron chi connectivity index (χ0n) is 15.6. The van der Waals surface area contributed by atoms with Crippen molar-refractivity contribution < 1.29 is 38.1 Å². The molecule has 10 nitrogen and oxygen atoms in total. The number of sulfonamides is 1. The first-order valence-electron chi connectivity index (χ1n) is 8.69. The predicted molar refractivity (Wildman–Crippen MR) is 106 cm³/mol. The summed E-state index contributed by atoms with van der Waals surface area (Å²) in [6, 6.07) is 11.0. The summed E-state index contributed by atoms with van der Waals surface area (Å²) >= 11 is 0. The average Bonchev–Trinajstić information content (AvgIpc) is 2.67. The highest BCUT2D eigenvalue weighted by molar-refractivity contribution is 7.89. The quantitative estimate of drug-likeness (QED) is 0.345. The van der Waals surface area contributed by atoms with Crippen LogP contribution in [0.5, 0.6) is 0 Å². The van der Waals surface area contributed by atoms with E-state index in [0.717, 1.165) is 6.07 Å². The first-order chi connectivity index (χ1) is 14.1. The van der Waals surface area contributed by atoms with E-state index in [0.29, 0.717) is 5.56 Å². The molecule has 0 aliphatic rings. The van der Waals surface area contributed by atoms with E-state index in [1.807, 2.05) is 4.72 Å². The third kappa shape index (κ3) is 6.29. The van der Waals surface area contributed by atoms with Crippen molar-refractivity contribution >= 4 is 33.6 Å². The minimum atomic E-state index is -4.47. The third-order valence-electron chi connectivity index (χ3n) is 4.06. The smallest absolute Gasteiger partial charge is 0.326 e. The number of carbonyl (C=O) groups is 3. The Balaban J connectivity index is 2.32. The Morgan fingerprint density at radius 1 is 0.833 bits per heavy atom. The third-order valence-corrected chi connectivity index (χ3v) is 5.59. The number of anilines is 1. The molecule has 2 atom stereocenters. The lowest BCUT2D eigenvalue weighted by Gasteiger charge is -2.20. The molecule has 2 aromatic carbocycles. The summed E-state index contributed by atoms with van der Waals surface area (Å²) in [5.74, 6) is -4.36. The lowest BCUT2D eigenvalue weighted by molar-refractivity contribution is -0.145. The molecule has 2 aromatic rings. The van der Waals surface area contributed by atoms with E-state index in [1.54, 1.807) is 30.3 Å². The summed E-state index contributed by atoms with van der Waals surface area (Å²) in [5, 5.41) is 30.1. The van der Waals surface area contributed by atoms with Gasteiger partial charge >= 0.3 is 17.9 Å². The molecule has 0 fully saturated rings. The van der Waals surface area contributed by atoms with Crippen molar-refractivity contribution in [2.24, 2.45) is 0 Å². The maximum atomic E-state index is 12.7. The van der Waals surface area contributed by atoms with Gasteiger partial charge in [-0.15, -0.1) is 0 Å². The van der Waals surface area contributed by atoms with Gasteiger partial charge in [0.05, 0.1) is 12.1 Å². The number of nitrogens with one attached hydrogen (secondary N) is 2. The predicted octanol–water partition coefficient (Wildman–Crippen LogP) is 1.00. The molecule has 30 heavy (non-hydrogen) atoms. The number of rotatable bonds is 11. The Kier molecular flexibility index (Phi) is 7.50. The molecule has 0 amide bonds. The molecule has 0 aromatic heterocycles. The summed E-state index contributed by atoms with van der Waals surface area (Å²) in [6.07, 6.45) is -0.898. The lowest BCUT2D eigenvalue weighted by Crippen LogP contribution is -2.42. The van der Waals surface area contributed by atoms with Crippen molar-refractivity contribution in [2.75, 3.05) is 5.32 Å². The lowest BCUT2D eigenvalue weighted by atomic mass is 10.1. The van der Waals surface area contributed by atoms with Crippen LogP contribution in [0.4, 0.5) is 5.69 Å². The number of carboxylic acids is 3. The fourth-order valence-corrected chi connectivity index (χ4v) is 4.02. The molecule has 5 N–H and O–H groups in total. The molecule has 0 heterocycles. The molecule has 160 valence electrons. The Bertz CT molecular complexity index is 1020. The zero-order chi connectivity index (χ0) is 22.3. The second-order valence-electron chi connectivity index (χ2n) is 6.33. The van der Waals surface area contributed by atoms with Gasteiger partial charge in [0, 0.05) is 6.42 Å². The van der Waals surface area contributed by atoms with Gasteiger partial charge in [0.1, 0.15) is 17.0 Å². The second kappa shape index (κ2) is 9.85. The van der Waals surface area contributed by atoms with Gasteiger partial charge in [-0.05, 0) is 17.7 Å². The number of hydrogen-bond acceptors (Lipinski definition) is 6. The molecular formula is C19H20N2O8S. The number of aliphatic carboxylic acids is 3. The highest BCUT2D eigenvalue weighted by atomic mass is 32.2. The molecule has 0 bridgehead atoms. The summed E-state index contributed by atoms with van der Waals surface area (Å²) < 4.78 is 27.2.